The zero-order valence-corrected chi connectivity index (χ0v) is 9.69. The van der Waals surface area contributed by atoms with Crippen molar-refractivity contribution in [2.75, 3.05) is 19.8 Å². The van der Waals surface area contributed by atoms with E-state index in [1.54, 1.807) is 0 Å². The van der Waals surface area contributed by atoms with Gasteiger partial charge in [0, 0.05) is 12.0 Å². The quantitative estimate of drug-likeness (QED) is 0.764. The van der Waals surface area contributed by atoms with E-state index >= 15 is 0 Å². The van der Waals surface area contributed by atoms with Gasteiger partial charge in [0.05, 0.1) is 18.0 Å². The van der Waals surface area contributed by atoms with Gasteiger partial charge in [0.1, 0.15) is 0 Å². The molecule has 1 heterocycles. The van der Waals surface area contributed by atoms with Crippen LogP contribution in [0.3, 0.4) is 0 Å². The first-order valence-corrected chi connectivity index (χ1v) is 5.48. The van der Waals surface area contributed by atoms with Crippen molar-refractivity contribution >= 4 is 21.8 Å². The van der Waals surface area contributed by atoms with Crippen LogP contribution in [0.1, 0.15) is 20.3 Å². The van der Waals surface area contributed by atoms with Crippen LogP contribution in [0.15, 0.2) is 0 Å². The molecule has 0 aromatic heterocycles. The lowest BCUT2D eigenvalue weighted by Crippen LogP contribution is -2.49. The highest BCUT2D eigenvalue weighted by Gasteiger charge is 2.33. The van der Waals surface area contributed by atoms with Gasteiger partial charge in [-0.15, -0.1) is 0 Å². The fourth-order valence-corrected chi connectivity index (χ4v) is 1.31. The fraction of sp³-hybridized carbons (Fsp3) is 0.889. The third kappa shape index (κ3) is 2.95. The molecule has 1 amide bonds. The first-order valence-electron chi connectivity index (χ1n) is 4.57. The number of carbonyl (C=O) groups is 1. The van der Waals surface area contributed by atoms with Crippen molar-refractivity contribution < 1.29 is 9.53 Å². The highest BCUT2D eigenvalue weighted by molar-refractivity contribution is 9.10. The third-order valence-electron chi connectivity index (χ3n) is 2.23. The van der Waals surface area contributed by atoms with Gasteiger partial charge in [-0.25, -0.2) is 0 Å². The molecule has 1 fully saturated rings. The minimum atomic E-state index is -0.0582. The summed E-state index contributed by atoms with van der Waals surface area (Å²) < 4.78 is 5.09. The molecule has 1 atom stereocenters. The standard InChI is InChI=1S/C9H16BrNO2/c1-3-7(10)8(12)11-4-9(2)5-13-6-9/h7H,3-6H2,1-2H3,(H,11,12). The molecule has 0 aromatic carbocycles. The number of ether oxygens (including phenoxy) is 1. The van der Waals surface area contributed by atoms with Crippen LogP contribution < -0.4 is 5.32 Å². The Kier molecular flexibility index (Phi) is 3.74. The van der Waals surface area contributed by atoms with Gasteiger partial charge in [0.15, 0.2) is 0 Å². The molecular weight excluding hydrogens is 234 g/mol. The molecule has 3 nitrogen and oxygen atoms in total. The molecule has 1 aliphatic heterocycles. The van der Waals surface area contributed by atoms with E-state index in [2.05, 4.69) is 28.2 Å². The van der Waals surface area contributed by atoms with Gasteiger partial charge < -0.3 is 10.1 Å². The van der Waals surface area contributed by atoms with E-state index in [-0.39, 0.29) is 16.1 Å². The zero-order chi connectivity index (χ0) is 9.90. The predicted molar refractivity (Wildman–Crippen MR) is 54.9 cm³/mol. The molecule has 1 rings (SSSR count). The molecule has 13 heavy (non-hydrogen) atoms. The highest BCUT2D eigenvalue weighted by Crippen LogP contribution is 2.25. The van der Waals surface area contributed by atoms with Crippen molar-refractivity contribution in [3.8, 4) is 0 Å². The highest BCUT2D eigenvalue weighted by atomic mass is 79.9. The molecule has 0 aromatic rings. The molecule has 1 N–H and O–H groups in total. The summed E-state index contributed by atoms with van der Waals surface area (Å²) in [5.41, 5.74) is 0.163. The molecule has 76 valence electrons. The second-order valence-corrected chi connectivity index (χ2v) is 5.00. The van der Waals surface area contributed by atoms with Crippen LogP contribution in [0.2, 0.25) is 0 Å². The molecular formula is C9H16BrNO2. The fourth-order valence-electron chi connectivity index (χ4n) is 1.15. The Morgan fingerprint density at radius 1 is 1.69 bits per heavy atom. The van der Waals surface area contributed by atoms with Crippen LogP contribution in [0.5, 0.6) is 0 Å². The largest absolute Gasteiger partial charge is 0.380 e. The molecule has 0 saturated carbocycles. The summed E-state index contributed by atoms with van der Waals surface area (Å²) in [6, 6.07) is 0. The van der Waals surface area contributed by atoms with Gasteiger partial charge in [0.25, 0.3) is 0 Å². The monoisotopic (exact) mass is 249 g/mol. The average molecular weight is 250 g/mol. The van der Waals surface area contributed by atoms with Crippen LogP contribution in [-0.4, -0.2) is 30.5 Å². The SMILES string of the molecule is CCC(Br)C(=O)NCC1(C)COC1. The molecule has 1 saturated heterocycles. The lowest BCUT2D eigenvalue weighted by molar-refractivity contribution is -0.126. The van der Waals surface area contributed by atoms with Crippen LogP contribution in [0.4, 0.5) is 0 Å². The molecule has 1 aliphatic rings. The number of hydrogen-bond acceptors (Lipinski definition) is 2. The number of rotatable bonds is 4. The number of hydrogen-bond donors (Lipinski definition) is 1. The predicted octanol–water partition coefficient (Wildman–Crippen LogP) is 1.31. The number of halogens is 1. The maximum absolute atomic E-state index is 11.4. The Morgan fingerprint density at radius 3 is 2.69 bits per heavy atom. The van der Waals surface area contributed by atoms with Gasteiger partial charge in [-0.2, -0.15) is 0 Å². The topological polar surface area (TPSA) is 38.3 Å². The summed E-state index contributed by atoms with van der Waals surface area (Å²) in [6.07, 6.45) is 0.818. The van der Waals surface area contributed by atoms with Gasteiger partial charge in [-0.1, -0.05) is 29.8 Å². The van der Waals surface area contributed by atoms with Crippen molar-refractivity contribution in [2.24, 2.45) is 5.41 Å². The van der Waals surface area contributed by atoms with E-state index in [1.165, 1.54) is 0 Å². The smallest absolute Gasteiger partial charge is 0.233 e. The summed E-state index contributed by atoms with van der Waals surface area (Å²) in [6.45, 7) is 6.33. The lowest BCUT2D eigenvalue weighted by atomic mass is 9.89. The number of carbonyl (C=O) groups excluding carboxylic acids is 1. The van der Waals surface area contributed by atoms with Crippen LogP contribution >= 0.6 is 15.9 Å². The second kappa shape index (κ2) is 4.42. The minimum Gasteiger partial charge on any atom is -0.380 e. The summed E-state index contributed by atoms with van der Waals surface area (Å²) >= 11 is 3.31. The van der Waals surface area contributed by atoms with Crippen molar-refractivity contribution in [1.29, 1.82) is 0 Å². The molecule has 0 radical (unpaired) electrons. The van der Waals surface area contributed by atoms with Crippen molar-refractivity contribution in [2.45, 2.75) is 25.1 Å². The number of nitrogens with one attached hydrogen (secondary N) is 1. The molecule has 0 aliphatic carbocycles. The van der Waals surface area contributed by atoms with E-state index in [1.807, 2.05) is 6.92 Å². The van der Waals surface area contributed by atoms with Crippen LogP contribution in [0.25, 0.3) is 0 Å². The zero-order valence-electron chi connectivity index (χ0n) is 8.10. The Balaban J connectivity index is 2.21. The van der Waals surface area contributed by atoms with E-state index in [0.29, 0.717) is 6.54 Å². The van der Waals surface area contributed by atoms with Crippen molar-refractivity contribution in [3.05, 3.63) is 0 Å². The Morgan fingerprint density at radius 2 is 2.31 bits per heavy atom. The number of alkyl halides is 1. The first kappa shape index (κ1) is 11.0. The van der Waals surface area contributed by atoms with Gasteiger partial charge >= 0.3 is 0 Å². The van der Waals surface area contributed by atoms with E-state index < -0.39 is 0 Å². The summed E-state index contributed by atoms with van der Waals surface area (Å²) in [7, 11) is 0. The van der Waals surface area contributed by atoms with Gasteiger partial charge in [-0.05, 0) is 6.42 Å². The maximum atomic E-state index is 11.4. The van der Waals surface area contributed by atoms with E-state index in [0.717, 1.165) is 19.6 Å². The van der Waals surface area contributed by atoms with Crippen LogP contribution in [-0.2, 0) is 9.53 Å². The Labute approximate surface area is 87.3 Å². The normalized spacial score (nSPS) is 21.8. The van der Waals surface area contributed by atoms with Crippen LogP contribution in [0, 0.1) is 5.41 Å². The first-order chi connectivity index (χ1) is 6.07. The molecule has 4 heteroatoms. The summed E-state index contributed by atoms with van der Waals surface area (Å²) in [5, 5.41) is 2.91. The van der Waals surface area contributed by atoms with Gasteiger partial charge in [0.2, 0.25) is 5.91 Å². The van der Waals surface area contributed by atoms with Crippen molar-refractivity contribution in [3.63, 3.8) is 0 Å². The lowest BCUT2D eigenvalue weighted by Gasteiger charge is -2.38. The maximum Gasteiger partial charge on any atom is 0.233 e. The van der Waals surface area contributed by atoms with E-state index in [4.69, 9.17) is 4.74 Å². The van der Waals surface area contributed by atoms with Crippen molar-refractivity contribution in [1.82, 2.24) is 5.32 Å². The summed E-state index contributed by atoms with van der Waals surface area (Å²) in [4.78, 5) is 11.3. The molecule has 0 spiro atoms. The minimum absolute atomic E-state index is 0.0582. The molecule has 0 bridgehead atoms. The Hall–Kier alpha value is -0.0900. The second-order valence-electron chi connectivity index (χ2n) is 3.90. The molecule has 1 unspecified atom stereocenters. The average Bonchev–Trinajstić information content (AvgIpc) is 2.09. The Bertz CT molecular complexity index is 192. The number of amides is 1. The van der Waals surface area contributed by atoms with E-state index in [9.17, 15) is 4.79 Å². The third-order valence-corrected chi connectivity index (χ3v) is 3.30. The van der Waals surface area contributed by atoms with Gasteiger partial charge in [-0.3, -0.25) is 4.79 Å². The summed E-state index contributed by atoms with van der Waals surface area (Å²) in [5.74, 6) is 0.0793.